The third-order valence-electron chi connectivity index (χ3n) is 3.07. The average Bonchev–Trinajstić information content (AvgIpc) is 2.96. The minimum absolute atomic E-state index is 0.502. The van der Waals surface area contributed by atoms with Gasteiger partial charge in [-0.3, -0.25) is 0 Å². The molecule has 0 unspecified atom stereocenters. The normalized spacial score (nSPS) is 14.2. The molecular weight excluding hydrogens is 339 g/mol. The molecule has 0 atom stereocenters. The van der Waals surface area contributed by atoms with E-state index in [1.807, 2.05) is 42.5 Å². The zero-order valence-corrected chi connectivity index (χ0v) is 13.7. The van der Waals surface area contributed by atoms with Crippen LogP contribution in [0.15, 0.2) is 82.6 Å². The Morgan fingerprint density at radius 1 is 0.864 bits per heavy atom. The van der Waals surface area contributed by atoms with Crippen molar-refractivity contribution in [2.24, 2.45) is 0 Å². The molecule has 0 spiro atoms. The van der Waals surface area contributed by atoms with Crippen LogP contribution in [0.25, 0.3) is 0 Å². The first-order valence-corrected chi connectivity index (χ1v) is 8.91. The van der Waals surface area contributed by atoms with E-state index in [2.05, 4.69) is 16.0 Å². The standard InChI is InChI=1S/C17H14O3P.Fe/c18-21(17-13-7-8-14-17,19-15-9-3-1-4-10-15)20-16-11-5-2-6-12-16;/h1-7,9-13H,8H2;. The quantitative estimate of drug-likeness (QED) is 0.557. The predicted molar refractivity (Wildman–Crippen MR) is 82.5 cm³/mol. The van der Waals surface area contributed by atoms with Gasteiger partial charge in [0, 0.05) is 0 Å². The monoisotopic (exact) mass is 353 g/mol. The second-order valence-corrected chi connectivity index (χ2v) is 7.20. The minimum atomic E-state index is -3.54. The van der Waals surface area contributed by atoms with Gasteiger partial charge in [-0.2, -0.15) is 0 Å². The third-order valence-corrected chi connectivity index (χ3v) is 5.71. The predicted octanol–water partition coefficient (Wildman–Crippen LogP) is 5.06. The van der Waals surface area contributed by atoms with Gasteiger partial charge in [0.2, 0.25) is 0 Å². The molecule has 1 aliphatic carbocycles. The fourth-order valence-electron chi connectivity index (χ4n) is 2.06. The molecule has 0 saturated heterocycles. The first kappa shape index (κ1) is 15.2. The molecule has 0 radical (unpaired) electrons. The molecular formula is C17H14FeO3P. The van der Waals surface area contributed by atoms with Crippen LogP contribution in [0.2, 0.25) is 0 Å². The number of benzene rings is 2. The van der Waals surface area contributed by atoms with Gasteiger partial charge in [0.05, 0.1) is 0 Å². The maximum atomic E-state index is 13.4. The summed E-state index contributed by atoms with van der Waals surface area (Å²) in [6.45, 7) is 0. The van der Waals surface area contributed by atoms with E-state index in [1.165, 1.54) is 0 Å². The van der Waals surface area contributed by atoms with Gasteiger partial charge in [-0.05, 0) is 0 Å². The summed E-state index contributed by atoms with van der Waals surface area (Å²) in [5.74, 6) is 1.00. The van der Waals surface area contributed by atoms with E-state index >= 15 is 0 Å². The number of para-hydroxylation sites is 2. The SMILES string of the molecule is O=P(Oc1ccccc1)(Oc1ccccc1)C1=[C]([Fe])CC=C1. The van der Waals surface area contributed by atoms with Crippen molar-refractivity contribution < 1.29 is 29.6 Å². The van der Waals surface area contributed by atoms with Crippen LogP contribution < -0.4 is 9.05 Å². The molecule has 0 aromatic heterocycles. The van der Waals surface area contributed by atoms with Crippen molar-refractivity contribution in [3.05, 3.63) is 82.6 Å². The van der Waals surface area contributed by atoms with Crippen LogP contribution in [-0.2, 0) is 20.6 Å². The van der Waals surface area contributed by atoms with Crippen LogP contribution in [-0.4, -0.2) is 0 Å². The topological polar surface area (TPSA) is 35.5 Å². The number of rotatable bonds is 5. The molecule has 0 bridgehead atoms. The fourth-order valence-corrected chi connectivity index (χ4v) is 4.44. The van der Waals surface area contributed by atoms with E-state index in [0.717, 1.165) is 4.47 Å². The molecule has 0 heterocycles. The summed E-state index contributed by atoms with van der Waals surface area (Å²) < 4.78 is 25.6. The second kappa shape index (κ2) is 6.58. The van der Waals surface area contributed by atoms with Gasteiger partial charge in [0.15, 0.2) is 0 Å². The van der Waals surface area contributed by atoms with E-state index in [4.69, 9.17) is 9.05 Å². The molecule has 0 fully saturated rings. The first-order chi connectivity index (χ1) is 10.7. The molecule has 1 aliphatic rings. The summed E-state index contributed by atoms with van der Waals surface area (Å²) >= 11 is 3.95. The summed E-state index contributed by atoms with van der Waals surface area (Å²) in [5, 5.41) is 0.528. The Kier molecular flexibility index (Phi) is 4.54. The number of hydrogen-bond donors (Lipinski definition) is 0. The van der Waals surface area contributed by atoms with E-state index in [-0.39, 0.29) is 0 Å². The summed E-state index contributed by atoms with van der Waals surface area (Å²) in [7, 11) is -3.54. The van der Waals surface area contributed by atoms with Crippen molar-refractivity contribution in [2.45, 2.75) is 6.42 Å². The van der Waals surface area contributed by atoms with Crippen molar-refractivity contribution in [1.82, 2.24) is 0 Å². The van der Waals surface area contributed by atoms with E-state index in [0.29, 0.717) is 23.2 Å². The van der Waals surface area contributed by atoms with Crippen molar-refractivity contribution in [1.29, 1.82) is 0 Å². The van der Waals surface area contributed by atoms with Gasteiger partial charge in [-0.25, -0.2) is 0 Å². The van der Waals surface area contributed by atoms with E-state index in [1.54, 1.807) is 30.3 Å². The molecule has 0 amide bonds. The summed E-state index contributed by atoms with van der Waals surface area (Å²) in [6, 6.07) is 18.1. The van der Waals surface area contributed by atoms with Crippen LogP contribution in [0.4, 0.5) is 0 Å². The zero-order valence-electron chi connectivity index (χ0n) is 11.7. The Morgan fingerprint density at radius 2 is 1.36 bits per heavy atom. The molecule has 22 heavy (non-hydrogen) atoms. The van der Waals surface area contributed by atoms with Crippen LogP contribution in [0.5, 0.6) is 11.5 Å². The Balaban J connectivity index is 1.97. The second-order valence-electron chi connectivity index (χ2n) is 4.69. The van der Waals surface area contributed by atoms with Crippen LogP contribution >= 0.6 is 7.60 Å². The van der Waals surface area contributed by atoms with Crippen molar-refractivity contribution in [3.8, 4) is 11.5 Å². The van der Waals surface area contributed by atoms with Crippen molar-refractivity contribution >= 4 is 7.60 Å². The third kappa shape index (κ3) is 3.36. The van der Waals surface area contributed by atoms with E-state index in [9.17, 15) is 4.57 Å². The summed E-state index contributed by atoms with van der Waals surface area (Å²) in [4.78, 5) is 0. The Labute approximate surface area is 138 Å². The molecule has 2 aromatic rings. The van der Waals surface area contributed by atoms with Gasteiger partial charge in [0.1, 0.15) is 0 Å². The van der Waals surface area contributed by atoms with Gasteiger partial charge >= 0.3 is 138 Å². The summed E-state index contributed by atoms with van der Waals surface area (Å²) in [6.07, 6.45) is 4.34. The molecule has 5 heteroatoms. The van der Waals surface area contributed by atoms with Gasteiger partial charge in [-0.15, -0.1) is 0 Å². The first-order valence-electron chi connectivity index (χ1n) is 6.81. The van der Waals surface area contributed by atoms with Crippen molar-refractivity contribution in [2.75, 3.05) is 0 Å². The van der Waals surface area contributed by atoms with Crippen LogP contribution in [0.3, 0.4) is 0 Å². The van der Waals surface area contributed by atoms with Crippen LogP contribution in [0, 0.1) is 0 Å². The molecule has 3 rings (SSSR count). The average molecular weight is 353 g/mol. The Bertz CT molecular complexity index is 708. The van der Waals surface area contributed by atoms with Crippen molar-refractivity contribution in [3.63, 3.8) is 0 Å². The van der Waals surface area contributed by atoms with E-state index < -0.39 is 7.60 Å². The van der Waals surface area contributed by atoms with Crippen LogP contribution in [0.1, 0.15) is 6.42 Å². The zero-order chi connectivity index (χ0) is 15.4. The number of hydrogen-bond acceptors (Lipinski definition) is 3. The van der Waals surface area contributed by atoms with Gasteiger partial charge in [-0.1, -0.05) is 0 Å². The number of allylic oxidation sites excluding steroid dienone is 4. The molecule has 0 N–H and O–H groups in total. The molecule has 3 nitrogen and oxygen atoms in total. The molecule has 2 aromatic carbocycles. The van der Waals surface area contributed by atoms with Gasteiger partial charge in [0.25, 0.3) is 0 Å². The molecule has 113 valence electrons. The fraction of sp³-hybridized carbons (Fsp3) is 0.0588. The Morgan fingerprint density at radius 3 is 1.77 bits per heavy atom. The summed E-state index contributed by atoms with van der Waals surface area (Å²) in [5.41, 5.74) is 0. The maximum absolute atomic E-state index is 13.4. The molecule has 0 aliphatic heterocycles. The Hall–Kier alpha value is -1.73. The van der Waals surface area contributed by atoms with Gasteiger partial charge < -0.3 is 0 Å². The molecule has 0 saturated carbocycles.